The van der Waals surface area contributed by atoms with Crippen LogP contribution in [-0.2, 0) is 14.8 Å². The summed E-state index contributed by atoms with van der Waals surface area (Å²) in [5, 5.41) is 5.50. The van der Waals surface area contributed by atoms with E-state index in [0.29, 0.717) is 11.4 Å². The summed E-state index contributed by atoms with van der Waals surface area (Å²) in [4.78, 5) is 24.3. The van der Waals surface area contributed by atoms with E-state index in [1.54, 1.807) is 38.1 Å². The summed E-state index contributed by atoms with van der Waals surface area (Å²) < 4.78 is 26.0. The zero-order chi connectivity index (χ0) is 20.2. The van der Waals surface area contributed by atoms with Crippen LogP contribution >= 0.6 is 11.6 Å². The van der Waals surface area contributed by atoms with Crippen LogP contribution in [0.2, 0.25) is 5.02 Å². The summed E-state index contributed by atoms with van der Waals surface area (Å²) in [7, 11) is -2.43. The fourth-order valence-corrected chi connectivity index (χ4v) is 3.08. The summed E-state index contributed by atoms with van der Waals surface area (Å²) in [6.07, 6.45) is 0. The van der Waals surface area contributed by atoms with Gasteiger partial charge in [0.25, 0.3) is 5.91 Å². The van der Waals surface area contributed by atoms with E-state index < -0.39 is 15.9 Å². The summed E-state index contributed by atoms with van der Waals surface area (Å²) in [5.41, 5.74) is 0.980. The molecule has 0 saturated carbocycles. The van der Waals surface area contributed by atoms with Crippen molar-refractivity contribution in [3.8, 4) is 0 Å². The van der Waals surface area contributed by atoms with Gasteiger partial charge in [0.2, 0.25) is 15.9 Å². The first-order valence-electron chi connectivity index (χ1n) is 8.09. The molecule has 27 heavy (non-hydrogen) atoms. The summed E-state index contributed by atoms with van der Waals surface area (Å²) in [6.45, 7) is 3.55. The highest BCUT2D eigenvalue weighted by molar-refractivity contribution is 7.89. The topological polar surface area (TPSA) is 104 Å². The lowest BCUT2D eigenvalue weighted by Crippen LogP contribution is -2.20. The molecule has 0 fully saturated rings. The normalized spacial score (nSPS) is 11.3. The van der Waals surface area contributed by atoms with Crippen molar-refractivity contribution in [2.75, 3.05) is 17.7 Å². The van der Waals surface area contributed by atoms with E-state index in [-0.39, 0.29) is 27.3 Å². The van der Waals surface area contributed by atoms with E-state index in [2.05, 4.69) is 15.4 Å². The molecule has 0 aliphatic carbocycles. The molecule has 0 aliphatic heterocycles. The van der Waals surface area contributed by atoms with Gasteiger partial charge in [-0.05, 0) is 43.4 Å². The molecule has 0 unspecified atom stereocenters. The Hall–Kier alpha value is -2.42. The lowest BCUT2D eigenvalue weighted by molar-refractivity contribution is -0.118. The van der Waals surface area contributed by atoms with Crippen molar-refractivity contribution in [2.24, 2.45) is 5.92 Å². The van der Waals surface area contributed by atoms with Crippen molar-refractivity contribution in [3.05, 3.63) is 53.1 Å². The Morgan fingerprint density at radius 2 is 1.63 bits per heavy atom. The fraction of sp³-hybridized carbons (Fsp3) is 0.222. The van der Waals surface area contributed by atoms with Gasteiger partial charge in [0.05, 0.1) is 15.5 Å². The maximum absolute atomic E-state index is 12.5. The zero-order valence-electron chi connectivity index (χ0n) is 15.0. The first-order chi connectivity index (χ1) is 12.6. The molecular weight excluding hydrogens is 390 g/mol. The van der Waals surface area contributed by atoms with E-state index in [1.165, 1.54) is 25.2 Å². The molecule has 7 nitrogen and oxygen atoms in total. The van der Waals surface area contributed by atoms with Crippen LogP contribution in [0, 0.1) is 5.92 Å². The van der Waals surface area contributed by atoms with E-state index in [0.717, 1.165) is 0 Å². The monoisotopic (exact) mass is 409 g/mol. The van der Waals surface area contributed by atoms with E-state index in [9.17, 15) is 18.0 Å². The average molecular weight is 410 g/mol. The smallest absolute Gasteiger partial charge is 0.257 e. The lowest BCUT2D eigenvalue weighted by Gasteiger charge is -2.11. The third-order valence-electron chi connectivity index (χ3n) is 3.67. The number of carbonyl (C=O) groups excluding carboxylic acids is 2. The van der Waals surface area contributed by atoms with Crippen LogP contribution in [0.4, 0.5) is 11.4 Å². The van der Waals surface area contributed by atoms with Crippen molar-refractivity contribution in [1.29, 1.82) is 0 Å². The van der Waals surface area contributed by atoms with Crippen LogP contribution in [0.3, 0.4) is 0 Å². The van der Waals surface area contributed by atoms with Gasteiger partial charge in [-0.1, -0.05) is 31.5 Å². The van der Waals surface area contributed by atoms with E-state index >= 15 is 0 Å². The van der Waals surface area contributed by atoms with Crippen LogP contribution in [0.5, 0.6) is 0 Å². The van der Waals surface area contributed by atoms with Crippen LogP contribution in [0.25, 0.3) is 0 Å². The molecule has 144 valence electrons. The quantitative estimate of drug-likeness (QED) is 0.681. The van der Waals surface area contributed by atoms with Crippen molar-refractivity contribution in [1.82, 2.24) is 4.72 Å². The van der Waals surface area contributed by atoms with Crippen LogP contribution < -0.4 is 15.4 Å². The van der Waals surface area contributed by atoms with Crippen molar-refractivity contribution in [3.63, 3.8) is 0 Å². The Labute approximate surface area is 163 Å². The van der Waals surface area contributed by atoms with Gasteiger partial charge in [-0.2, -0.15) is 0 Å². The number of sulfonamides is 1. The summed E-state index contributed by atoms with van der Waals surface area (Å²) in [6, 6.07) is 10.5. The summed E-state index contributed by atoms with van der Waals surface area (Å²) in [5.74, 6) is -0.897. The van der Waals surface area contributed by atoms with Crippen LogP contribution in [0.1, 0.15) is 24.2 Å². The Morgan fingerprint density at radius 1 is 1.00 bits per heavy atom. The van der Waals surface area contributed by atoms with Gasteiger partial charge in [0.15, 0.2) is 0 Å². The first kappa shape index (κ1) is 20.9. The predicted molar refractivity (Wildman–Crippen MR) is 106 cm³/mol. The standard InChI is InChI=1S/C18H20ClN3O4S/c1-11(2)17(23)21-12-5-4-6-13(9-12)22-18(24)15-10-14(7-8-16(15)19)27(25,26)20-3/h4-11,20H,1-3H3,(H,21,23)(H,22,24). The van der Waals surface area contributed by atoms with Gasteiger partial charge < -0.3 is 10.6 Å². The third kappa shape index (κ3) is 5.29. The molecule has 3 N–H and O–H groups in total. The predicted octanol–water partition coefficient (Wildman–Crippen LogP) is 3.09. The molecule has 0 bridgehead atoms. The Bertz CT molecular complexity index is 974. The molecule has 0 atom stereocenters. The number of hydrogen-bond donors (Lipinski definition) is 3. The molecule has 0 aromatic heterocycles. The van der Waals surface area contributed by atoms with E-state index in [4.69, 9.17) is 11.6 Å². The Balaban J connectivity index is 2.25. The second kappa shape index (κ2) is 8.51. The van der Waals surface area contributed by atoms with E-state index in [1.807, 2.05) is 0 Å². The van der Waals surface area contributed by atoms with Crippen molar-refractivity contribution in [2.45, 2.75) is 18.7 Å². The largest absolute Gasteiger partial charge is 0.326 e. The zero-order valence-corrected chi connectivity index (χ0v) is 16.6. The van der Waals surface area contributed by atoms with Gasteiger partial charge in [-0.15, -0.1) is 0 Å². The molecule has 2 aromatic rings. The second-order valence-electron chi connectivity index (χ2n) is 6.03. The van der Waals surface area contributed by atoms with Crippen molar-refractivity contribution >= 4 is 44.8 Å². The van der Waals surface area contributed by atoms with Gasteiger partial charge in [0, 0.05) is 17.3 Å². The molecule has 0 spiro atoms. The highest BCUT2D eigenvalue weighted by atomic mass is 35.5. The van der Waals surface area contributed by atoms with Crippen molar-refractivity contribution < 1.29 is 18.0 Å². The second-order valence-corrected chi connectivity index (χ2v) is 8.32. The molecule has 2 rings (SSSR count). The SMILES string of the molecule is CNS(=O)(=O)c1ccc(Cl)c(C(=O)Nc2cccc(NC(=O)C(C)C)c2)c1. The Kier molecular flexibility index (Phi) is 6.59. The molecule has 0 aliphatic rings. The molecule has 2 aromatic carbocycles. The number of anilines is 2. The molecule has 2 amide bonds. The highest BCUT2D eigenvalue weighted by Gasteiger charge is 2.18. The lowest BCUT2D eigenvalue weighted by atomic mass is 10.2. The molecule has 0 radical (unpaired) electrons. The van der Waals surface area contributed by atoms with Gasteiger partial charge in [0.1, 0.15) is 0 Å². The van der Waals surface area contributed by atoms with Gasteiger partial charge in [-0.3, -0.25) is 9.59 Å². The Morgan fingerprint density at radius 3 is 2.22 bits per heavy atom. The number of benzene rings is 2. The maximum Gasteiger partial charge on any atom is 0.257 e. The average Bonchev–Trinajstić information content (AvgIpc) is 2.62. The molecular formula is C18H20ClN3O4S. The highest BCUT2D eigenvalue weighted by Crippen LogP contribution is 2.23. The number of halogens is 1. The van der Waals surface area contributed by atoms with Gasteiger partial charge >= 0.3 is 0 Å². The van der Waals surface area contributed by atoms with Crippen LogP contribution in [0.15, 0.2) is 47.4 Å². The van der Waals surface area contributed by atoms with Gasteiger partial charge in [-0.25, -0.2) is 13.1 Å². The fourth-order valence-electron chi connectivity index (χ4n) is 2.12. The number of rotatable bonds is 6. The molecule has 9 heteroatoms. The first-order valence-corrected chi connectivity index (χ1v) is 9.95. The minimum atomic E-state index is -3.71. The third-order valence-corrected chi connectivity index (χ3v) is 5.42. The maximum atomic E-state index is 12.5. The number of amides is 2. The minimum Gasteiger partial charge on any atom is -0.326 e. The number of nitrogens with one attached hydrogen (secondary N) is 3. The molecule has 0 saturated heterocycles. The van der Waals surface area contributed by atoms with Crippen LogP contribution in [-0.4, -0.2) is 27.3 Å². The molecule has 0 heterocycles. The number of hydrogen-bond acceptors (Lipinski definition) is 4. The minimum absolute atomic E-state index is 0.0182. The summed E-state index contributed by atoms with van der Waals surface area (Å²) >= 11 is 6.05. The number of carbonyl (C=O) groups is 2.